The van der Waals surface area contributed by atoms with Gasteiger partial charge in [-0.3, -0.25) is 19.4 Å². The lowest BCUT2D eigenvalue weighted by Crippen LogP contribution is -2.44. The van der Waals surface area contributed by atoms with E-state index in [9.17, 15) is 28.8 Å². The molecule has 0 bridgehead atoms. The fraction of sp³-hybridized carbons (Fsp3) is 0.550. The Morgan fingerprint density at radius 1 is 0.893 bits per heavy atom. The number of alkyl carbamates (subject to hydrolysis) is 1. The van der Waals surface area contributed by atoms with Crippen LogP contribution in [-0.2, 0) is 41.7 Å². The molecule has 304 valence electrons. The number of esters is 1. The van der Waals surface area contributed by atoms with Gasteiger partial charge < -0.3 is 35.6 Å². The van der Waals surface area contributed by atoms with E-state index in [-0.39, 0.29) is 42.5 Å². The van der Waals surface area contributed by atoms with Gasteiger partial charge in [-0.2, -0.15) is 5.10 Å². The van der Waals surface area contributed by atoms with E-state index in [4.69, 9.17) is 9.47 Å². The molecule has 4 N–H and O–H groups in total. The van der Waals surface area contributed by atoms with Gasteiger partial charge in [-0.25, -0.2) is 19.4 Å². The summed E-state index contributed by atoms with van der Waals surface area (Å²) in [7, 11) is 1.25. The molecule has 0 spiro atoms. The van der Waals surface area contributed by atoms with Crippen LogP contribution in [0.5, 0.6) is 0 Å². The first-order valence-electron chi connectivity index (χ1n) is 19.3. The molecule has 0 radical (unpaired) electrons. The molecule has 0 fully saturated rings. The van der Waals surface area contributed by atoms with Crippen LogP contribution in [0.15, 0.2) is 47.8 Å². The van der Waals surface area contributed by atoms with Gasteiger partial charge in [0.2, 0.25) is 17.7 Å². The van der Waals surface area contributed by atoms with Crippen LogP contribution < -0.4 is 21.3 Å². The van der Waals surface area contributed by atoms with Crippen LogP contribution in [0, 0.1) is 5.92 Å². The second kappa shape index (κ2) is 20.9. The number of amides is 6. The third-order valence-electron chi connectivity index (χ3n) is 9.26. The molecule has 6 amide bonds. The van der Waals surface area contributed by atoms with Crippen LogP contribution in [0.1, 0.15) is 102 Å². The number of hydrogen-bond acceptors (Lipinski definition) is 10. The van der Waals surface area contributed by atoms with E-state index >= 15 is 0 Å². The Bertz CT molecular complexity index is 1700. The van der Waals surface area contributed by atoms with Crippen LogP contribution >= 0.6 is 0 Å². The summed E-state index contributed by atoms with van der Waals surface area (Å²) < 4.78 is 9.98. The number of carbonyl (C=O) groups is 6. The van der Waals surface area contributed by atoms with Crippen molar-refractivity contribution in [3.8, 4) is 0 Å². The SMILES string of the molecule is COC(=O)[C@H](CCCCNC(=O)CCCC(=O)NCCCCN1N=C(c2ccc(NC(=O)N3Cc4ccncc4C3)cc2)[C@@H](C)CC1=O)NC(=O)OC(C)(C)C. The number of fused-ring (bicyclic) bond motifs is 1. The van der Waals surface area contributed by atoms with Crippen molar-refractivity contribution >= 4 is 47.2 Å². The first-order chi connectivity index (χ1) is 26.7. The van der Waals surface area contributed by atoms with Crippen molar-refractivity contribution in [1.82, 2.24) is 30.8 Å². The van der Waals surface area contributed by atoms with Gasteiger partial charge in [-0.15, -0.1) is 0 Å². The number of anilines is 1. The summed E-state index contributed by atoms with van der Waals surface area (Å²) in [6.45, 7) is 9.49. The Hall–Kier alpha value is -5.54. The van der Waals surface area contributed by atoms with Gasteiger partial charge in [0.15, 0.2) is 0 Å². The summed E-state index contributed by atoms with van der Waals surface area (Å²) in [4.78, 5) is 80.2. The zero-order chi connectivity index (χ0) is 40.7. The molecule has 2 aliphatic rings. The molecular weight excluding hydrogens is 720 g/mol. The van der Waals surface area contributed by atoms with Crippen molar-refractivity contribution in [1.29, 1.82) is 0 Å². The summed E-state index contributed by atoms with van der Waals surface area (Å²) in [5, 5.41) is 17.4. The maximum absolute atomic E-state index is 12.9. The number of methoxy groups -OCH3 is 1. The van der Waals surface area contributed by atoms with Crippen LogP contribution in [0.4, 0.5) is 15.3 Å². The Morgan fingerprint density at radius 3 is 2.20 bits per heavy atom. The number of nitrogens with zero attached hydrogens (tertiary/aromatic N) is 4. The summed E-state index contributed by atoms with van der Waals surface area (Å²) in [5.74, 6) is -0.984. The molecule has 56 heavy (non-hydrogen) atoms. The van der Waals surface area contributed by atoms with E-state index in [1.54, 1.807) is 38.1 Å². The summed E-state index contributed by atoms with van der Waals surface area (Å²) in [6.07, 6.45) is 6.77. The lowest BCUT2D eigenvalue weighted by molar-refractivity contribution is -0.143. The number of rotatable bonds is 18. The highest BCUT2D eigenvalue weighted by atomic mass is 16.6. The summed E-state index contributed by atoms with van der Waals surface area (Å²) in [5.41, 5.74) is 3.81. The minimum Gasteiger partial charge on any atom is -0.467 e. The molecule has 0 saturated heterocycles. The number of hydrazone groups is 1. The second-order valence-corrected chi connectivity index (χ2v) is 15.1. The minimum atomic E-state index is -0.849. The van der Waals surface area contributed by atoms with Crippen LogP contribution in [0.25, 0.3) is 0 Å². The Kier molecular flexibility index (Phi) is 16.2. The minimum absolute atomic E-state index is 0.0464. The molecule has 4 rings (SSSR count). The molecule has 2 atom stereocenters. The highest BCUT2D eigenvalue weighted by Gasteiger charge is 2.28. The Balaban J connectivity index is 1.08. The molecule has 1 aromatic heterocycles. The second-order valence-electron chi connectivity index (χ2n) is 15.1. The van der Waals surface area contributed by atoms with Crippen molar-refractivity contribution in [3.63, 3.8) is 0 Å². The number of nitrogens with one attached hydrogen (secondary N) is 4. The summed E-state index contributed by atoms with van der Waals surface area (Å²) in [6, 6.07) is 8.38. The molecule has 0 saturated carbocycles. The average Bonchev–Trinajstić information content (AvgIpc) is 3.59. The first-order valence-corrected chi connectivity index (χ1v) is 19.3. The van der Waals surface area contributed by atoms with Gasteiger partial charge in [-0.1, -0.05) is 19.1 Å². The number of carbonyl (C=O) groups excluding carboxylic acids is 6. The lowest BCUT2D eigenvalue weighted by Gasteiger charge is -2.28. The number of ether oxygens (including phenoxy) is 2. The standard InChI is InChI=1S/C40H56N8O8/c1-27-23-35(51)48(46-36(27)28-14-16-31(17-15-28)44-38(53)47-25-29-18-21-41-24-30(29)26-47)22-9-8-20-43-34(50)13-10-12-33(49)42-19-7-6-11-32(37(52)55-5)45-39(54)56-40(2,3)4/h14-18,21,24,27,32H,6-13,19-20,22-23,25-26H2,1-5H3,(H,42,49)(H,43,50)(H,44,53)(H,45,54)/t27-,32-/m0/s1. The maximum atomic E-state index is 12.9. The third-order valence-corrected chi connectivity index (χ3v) is 9.26. The zero-order valence-electron chi connectivity index (χ0n) is 33.2. The van der Waals surface area contributed by atoms with Crippen molar-refractivity contribution in [2.45, 2.75) is 110 Å². The first kappa shape index (κ1) is 43.2. The highest BCUT2D eigenvalue weighted by Crippen LogP contribution is 2.25. The van der Waals surface area contributed by atoms with Crippen molar-refractivity contribution in [3.05, 3.63) is 59.4 Å². The maximum Gasteiger partial charge on any atom is 0.408 e. The number of aromatic nitrogens is 1. The van der Waals surface area contributed by atoms with Crippen LogP contribution in [0.3, 0.4) is 0 Å². The molecule has 0 unspecified atom stereocenters. The summed E-state index contributed by atoms with van der Waals surface area (Å²) >= 11 is 0. The lowest BCUT2D eigenvalue weighted by atomic mass is 9.93. The molecule has 16 nitrogen and oxygen atoms in total. The molecule has 0 aliphatic carbocycles. The van der Waals surface area contributed by atoms with E-state index in [0.717, 1.165) is 22.4 Å². The largest absolute Gasteiger partial charge is 0.467 e. The predicted octanol–water partition coefficient (Wildman–Crippen LogP) is 4.62. The third kappa shape index (κ3) is 13.9. The van der Waals surface area contributed by atoms with Crippen molar-refractivity contribution in [2.24, 2.45) is 11.0 Å². The molecular formula is C40H56N8O8. The molecule has 2 aromatic rings. The number of hydrogen-bond donors (Lipinski definition) is 4. The van der Waals surface area contributed by atoms with Crippen molar-refractivity contribution < 1.29 is 38.2 Å². The van der Waals surface area contributed by atoms with Gasteiger partial charge >= 0.3 is 18.1 Å². The zero-order valence-corrected chi connectivity index (χ0v) is 33.2. The molecule has 16 heteroatoms. The number of unbranched alkanes of at least 4 members (excludes halogenated alkanes) is 2. The topological polar surface area (TPSA) is 201 Å². The highest BCUT2D eigenvalue weighted by molar-refractivity contribution is 6.06. The smallest absolute Gasteiger partial charge is 0.408 e. The van der Waals surface area contributed by atoms with E-state index in [1.807, 2.05) is 37.3 Å². The van der Waals surface area contributed by atoms with Crippen LogP contribution in [0.2, 0.25) is 0 Å². The van der Waals surface area contributed by atoms with E-state index < -0.39 is 23.7 Å². The molecule has 3 heterocycles. The Labute approximate surface area is 328 Å². The molecule has 2 aliphatic heterocycles. The molecule has 1 aromatic carbocycles. The van der Waals surface area contributed by atoms with Crippen molar-refractivity contribution in [2.75, 3.05) is 32.1 Å². The number of benzene rings is 1. The van der Waals surface area contributed by atoms with E-state index in [0.29, 0.717) is 83.4 Å². The Morgan fingerprint density at radius 2 is 1.55 bits per heavy atom. The van der Waals surface area contributed by atoms with Gasteiger partial charge in [0.1, 0.15) is 11.6 Å². The quantitative estimate of drug-likeness (QED) is 0.123. The van der Waals surface area contributed by atoms with E-state index in [2.05, 4.69) is 31.4 Å². The predicted molar refractivity (Wildman–Crippen MR) is 209 cm³/mol. The fourth-order valence-corrected chi connectivity index (χ4v) is 6.30. The van der Waals surface area contributed by atoms with Gasteiger partial charge in [0, 0.05) is 76.0 Å². The van der Waals surface area contributed by atoms with Gasteiger partial charge in [-0.05, 0) is 94.2 Å². The van der Waals surface area contributed by atoms with Gasteiger partial charge in [0.05, 0.1) is 12.8 Å². The average molecular weight is 777 g/mol. The van der Waals surface area contributed by atoms with E-state index in [1.165, 1.54) is 12.1 Å². The fourth-order valence-electron chi connectivity index (χ4n) is 6.30. The normalized spacial score (nSPS) is 15.6. The van der Waals surface area contributed by atoms with Crippen LogP contribution in [-0.4, -0.2) is 94.8 Å². The number of pyridine rings is 1. The monoisotopic (exact) mass is 776 g/mol. The van der Waals surface area contributed by atoms with Gasteiger partial charge in [0.25, 0.3) is 0 Å². The number of urea groups is 1.